The fourth-order valence-electron chi connectivity index (χ4n) is 2.20. The van der Waals surface area contributed by atoms with Crippen molar-refractivity contribution in [3.05, 3.63) is 35.9 Å². The third-order valence-electron chi connectivity index (χ3n) is 3.20. The van der Waals surface area contributed by atoms with Gasteiger partial charge in [-0.1, -0.05) is 30.3 Å². The molecule has 0 aliphatic carbocycles. The minimum absolute atomic E-state index is 0.154. The van der Waals surface area contributed by atoms with Gasteiger partial charge >= 0.3 is 0 Å². The molecule has 1 saturated heterocycles. The molecule has 1 aromatic carbocycles. The molecule has 0 aromatic heterocycles. The van der Waals surface area contributed by atoms with Crippen LogP contribution in [-0.2, 0) is 5.72 Å². The Balaban J connectivity index is 2.18. The largest absolute Gasteiger partial charge is 0.371 e. The number of nitrogens with one attached hydrogen (secondary N) is 1. The van der Waals surface area contributed by atoms with E-state index in [-0.39, 0.29) is 5.92 Å². The quantitative estimate of drug-likeness (QED) is 0.627. The lowest BCUT2D eigenvalue weighted by Crippen LogP contribution is -2.48. The highest BCUT2D eigenvalue weighted by Gasteiger charge is 2.34. The van der Waals surface area contributed by atoms with Gasteiger partial charge in [-0.15, -0.1) is 0 Å². The Kier molecular flexibility index (Phi) is 3.05. The van der Waals surface area contributed by atoms with Crippen LogP contribution in [0, 0.1) is 5.92 Å². The van der Waals surface area contributed by atoms with Crippen molar-refractivity contribution >= 4 is 0 Å². The van der Waals surface area contributed by atoms with E-state index in [2.05, 4.69) is 5.32 Å². The molecule has 1 aliphatic heterocycles. The molecule has 1 atom stereocenters. The van der Waals surface area contributed by atoms with E-state index >= 15 is 0 Å². The maximum atomic E-state index is 10.4. The lowest BCUT2D eigenvalue weighted by atomic mass is 9.83. The fourth-order valence-corrected chi connectivity index (χ4v) is 2.20. The van der Waals surface area contributed by atoms with E-state index in [0.717, 1.165) is 31.5 Å². The topological polar surface area (TPSA) is 58.3 Å². The molecular weight excluding hydrogens is 188 g/mol. The van der Waals surface area contributed by atoms with Crippen LogP contribution in [0.5, 0.6) is 0 Å². The molecule has 1 aliphatic rings. The third-order valence-corrected chi connectivity index (χ3v) is 3.20. The zero-order chi connectivity index (χ0) is 10.7. The number of piperidine rings is 1. The summed E-state index contributed by atoms with van der Waals surface area (Å²) in [4.78, 5) is 0. The fraction of sp³-hybridized carbons (Fsp3) is 0.500. The van der Waals surface area contributed by atoms with E-state index in [4.69, 9.17) is 5.73 Å². The van der Waals surface area contributed by atoms with E-state index < -0.39 is 5.72 Å². The Bertz CT molecular complexity index is 305. The number of nitrogens with two attached hydrogens (primary N) is 1. The molecule has 3 nitrogen and oxygen atoms in total. The predicted molar refractivity (Wildman–Crippen MR) is 60.1 cm³/mol. The van der Waals surface area contributed by atoms with E-state index in [9.17, 15) is 5.11 Å². The number of hydrogen-bond donors (Lipinski definition) is 3. The molecule has 0 spiro atoms. The minimum atomic E-state index is -1.18. The van der Waals surface area contributed by atoms with Crippen molar-refractivity contribution in [3.63, 3.8) is 0 Å². The first-order valence-electron chi connectivity index (χ1n) is 5.49. The van der Waals surface area contributed by atoms with Crippen LogP contribution in [-0.4, -0.2) is 18.2 Å². The minimum Gasteiger partial charge on any atom is -0.371 e. The van der Waals surface area contributed by atoms with Crippen molar-refractivity contribution in [2.75, 3.05) is 13.1 Å². The van der Waals surface area contributed by atoms with Gasteiger partial charge in [-0.3, -0.25) is 5.73 Å². The molecule has 15 heavy (non-hydrogen) atoms. The van der Waals surface area contributed by atoms with Gasteiger partial charge < -0.3 is 10.4 Å². The SMILES string of the molecule is NC(O)(c1ccccc1)C1CCNCC1. The summed E-state index contributed by atoms with van der Waals surface area (Å²) in [5.74, 6) is 0.154. The highest BCUT2D eigenvalue weighted by molar-refractivity contribution is 5.22. The summed E-state index contributed by atoms with van der Waals surface area (Å²) < 4.78 is 0. The maximum Gasteiger partial charge on any atom is 0.142 e. The van der Waals surface area contributed by atoms with Gasteiger partial charge in [-0.2, -0.15) is 0 Å². The zero-order valence-corrected chi connectivity index (χ0v) is 8.82. The first kappa shape index (κ1) is 10.6. The smallest absolute Gasteiger partial charge is 0.142 e. The Morgan fingerprint density at radius 1 is 1.20 bits per heavy atom. The molecule has 0 amide bonds. The van der Waals surface area contributed by atoms with Crippen molar-refractivity contribution < 1.29 is 5.11 Å². The normalized spacial score (nSPS) is 22.3. The highest BCUT2D eigenvalue weighted by Crippen LogP contribution is 2.30. The first-order chi connectivity index (χ1) is 7.21. The zero-order valence-electron chi connectivity index (χ0n) is 8.82. The highest BCUT2D eigenvalue weighted by atomic mass is 16.3. The van der Waals surface area contributed by atoms with E-state index in [1.54, 1.807) is 0 Å². The molecule has 1 fully saturated rings. The summed E-state index contributed by atoms with van der Waals surface area (Å²) in [6.45, 7) is 1.88. The molecule has 4 N–H and O–H groups in total. The second-order valence-corrected chi connectivity index (χ2v) is 4.22. The van der Waals surface area contributed by atoms with Gasteiger partial charge in [0.15, 0.2) is 0 Å². The molecule has 1 unspecified atom stereocenters. The summed E-state index contributed by atoms with van der Waals surface area (Å²) in [5.41, 5.74) is 5.68. The van der Waals surface area contributed by atoms with Crippen molar-refractivity contribution in [2.45, 2.75) is 18.6 Å². The Hall–Kier alpha value is -0.900. The maximum absolute atomic E-state index is 10.4. The summed E-state index contributed by atoms with van der Waals surface area (Å²) in [6, 6.07) is 9.54. The van der Waals surface area contributed by atoms with Gasteiger partial charge in [-0.05, 0) is 31.5 Å². The van der Waals surface area contributed by atoms with Gasteiger partial charge in [0.1, 0.15) is 5.72 Å². The van der Waals surface area contributed by atoms with Gasteiger partial charge in [0.2, 0.25) is 0 Å². The van der Waals surface area contributed by atoms with Crippen molar-refractivity contribution in [1.82, 2.24) is 5.32 Å². The Morgan fingerprint density at radius 2 is 1.80 bits per heavy atom. The van der Waals surface area contributed by atoms with Crippen molar-refractivity contribution in [3.8, 4) is 0 Å². The van der Waals surface area contributed by atoms with Gasteiger partial charge in [0, 0.05) is 5.92 Å². The van der Waals surface area contributed by atoms with Crippen LogP contribution in [0.25, 0.3) is 0 Å². The number of hydrogen-bond acceptors (Lipinski definition) is 3. The summed E-state index contributed by atoms with van der Waals surface area (Å²) >= 11 is 0. The number of benzene rings is 1. The second-order valence-electron chi connectivity index (χ2n) is 4.22. The van der Waals surface area contributed by atoms with Crippen LogP contribution in [0.15, 0.2) is 30.3 Å². The molecule has 1 aromatic rings. The van der Waals surface area contributed by atoms with Crippen LogP contribution in [0.4, 0.5) is 0 Å². The molecule has 1 heterocycles. The van der Waals surface area contributed by atoms with E-state index in [1.165, 1.54) is 0 Å². The lowest BCUT2D eigenvalue weighted by molar-refractivity contribution is -0.0305. The van der Waals surface area contributed by atoms with Gasteiger partial charge in [0.25, 0.3) is 0 Å². The monoisotopic (exact) mass is 206 g/mol. The summed E-state index contributed by atoms with van der Waals surface area (Å²) in [5, 5.41) is 13.6. The average molecular weight is 206 g/mol. The summed E-state index contributed by atoms with van der Waals surface area (Å²) in [6.07, 6.45) is 1.86. The molecule has 3 heteroatoms. The van der Waals surface area contributed by atoms with Gasteiger partial charge in [0.05, 0.1) is 0 Å². The average Bonchev–Trinajstić information content (AvgIpc) is 2.31. The first-order valence-corrected chi connectivity index (χ1v) is 5.49. The van der Waals surface area contributed by atoms with Crippen LogP contribution in [0.3, 0.4) is 0 Å². The van der Waals surface area contributed by atoms with Gasteiger partial charge in [-0.25, -0.2) is 0 Å². The van der Waals surface area contributed by atoms with Crippen LogP contribution in [0.1, 0.15) is 18.4 Å². The second kappa shape index (κ2) is 4.31. The molecular formula is C12H18N2O. The molecule has 0 radical (unpaired) electrons. The third kappa shape index (κ3) is 2.20. The molecule has 0 bridgehead atoms. The predicted octanol–water partition coefficient (Wildman–Crippen LogP) is 0.790. The summed E-state index contributed by atoms with van der Waals surface area (Å²) in [7, 11) is 0. The van der Waals surface area contributed by atoms with Crippen molar-refractivity contribution in [1.29, 1.82) is 0 Å². The lowest BCUT2D eigenvalue weighted by Gasteiger charge is -2.35. The Labute approximate surface area is 90.3 Å². The van der Waals surface area contributed by atoms with Crippen LogP contribution < -0.4 is 11.1 Å². The van der Waals surface area contributed by atoms with Crippen molar-refractivity contribution in [2.24, 2.45) is 11.7 Å². The molecule has 2 rings (SSSR count). The number of rotatable bonds is 2. The standard InChI is InChI=1S/C12H18N2O/c13-12(15,10-4-2-1-3-5-10)11-6-8-14-9-7-11/h1-5,11,14-15H,6-9,13H2. The van der Waals surface area contributed by atoms with E-state index in [0.29, 0.717) is 0 Å². The Morgan fingerprint density at radius 3 is 2.40 bits per heavy atom. The number of aliphatic hydroxyl groups is 1. The molecule has 82 valence electrons. The van der Waals surface area contributed by atoms with Crippen LogP contribution in [0.2, 0.25) is 0 Å². The van der Waals surface area contributed by atoms with E-state index in [1.807, 2.05) is 30.3 Å². The molecule has 0 saturated carbocycles. The van der Waals surface area contributed by atoms with Crippen LogP contribution >= 0.6 is 0 Å².